The van der Waals surface area contributed by atoms with E-state index < -0.39 is 17.7 Å². The molecule has 0 aromatic heterocycles. The molecule has 0 bridgehead atoms. The van der Waals surface area contributed by atoms with E-state index in [-0.39, 0.29) is 24.2 Å². The van der Waals surface area contributed by atoms with Crippen LogP contribution in [0.3, 0.4) is 0 Å². The number of methoxy groups -OCH3 is 1. The van der Waals surface area contributed by atoms with Crippen molar-refractivity contribution in [2.24, 2.45) is 5.92 Å². The maximum atomic E-state index is 14.6. The second-order valence-electron chi connectivity index (χ2n) is 9.03. The van der Waals surface area contributed by atoms with Crippen molar-refractivity contribution >= 4 is 23.0 Å². The molecule has 0 spiro atoms. The molecule has 0 radical (unpaired) electrons. The number of rotatable bonds is 4. The van der Waals surface area contributed by atoms with Crippen molar-refractivity contribution in [2.45, 2.75) is 18.6 Å². The largest absolute Gasteiger partial charge is 0.497 e. The lowest BCUT2D eigenvalue weighted by Gasteiger charge is -2.49. The highest BCUT2D eigenvalue weighted by Gasteiger charge is 2.43. The van der Waals surface area contributed by atoms with Crippen molar-refractivity contribution in [3.05, 3.63) is 83.7 Å². The lowest BCUT2D eigenvalue weighted by molar-refractivity contribution is -0.137. The number of carbonyl (C=O) groups is 1. The van der Waals surface area contributed by atoms with Crippen LogP contribution in [-0.2, 0) is 17.4 Å². The lowest BCUT2D eigenvalue weighted by Crippen LogP contribution is -2.60. The highest BCUT2D eigenvalue weighted by atomic mass is 19.4. The first kappa shape index (κ1) is 24.0. The van der Waals surface area contributed by atoms with E-state index >= 15 is 0 Å². The number of hydrogen-bond donors (Lipinski definition) is 1. The van der Waals surface area contributed by atoms with E-state index in [0.717, 1.165) is 12.1 Å². The molecule has 5 rings (SSSR count). The van der Waals surface area contributed by atoms with Crippen molar-refractivity contribution < 1.29 is 27.1 Å². The smallest absolute Gasteiger partial charge is 0.416 e. The van der Waals surface area contributed by atoms with Gasteiger partial charge in [0.05, 0.1) is 30.3 Å². The molecular weight excluding hydrogens is 474 g/mol. The van der Waals surface area contributed by atoms with E-state index in [4.69, 9.17) is 4.74 Å². The van der Waals surface area contributed by atoms with Crippen LogP contribution in [-0.4, -0.2) is 38.7 Å². The number of fused-ring (bicyclic) bond motifs is 3. The van der Waals surface area contributed by atoms with Gasteiger partial charge in [-0.05, 0) is 54.4 Å². The minimum atomic E-state index is -4.48. The maximum Gasteiger partial charge on any atom is 0.416 e. The number of amides is 1. The molecule has 9 heteroatoms. The Morgan fingerprint density at radius 1 is 1.00 bits per heavy atom. The monoisotopic (exact) mass is 499 g/mol. The molecule has 36 heavy (non-hydrogen) atoms. The molecule has 0 aliphatic carbocycles. The Bertz CT molecular complexity index is 1280. The Labute approximate surface area is 206 Å². The Kier molecular flexibility index (Phi) is 6.24. The van der Waals surface area contributed by atoms with Gasteiger partial charge < -0.3 is 19.9 Å². The van der Waals surface area contributed by atoms with Crippen molar-refractivity contribution in [3.8, 4) is 5.75 Å². The third-order valence-corrected chi connectivity index (χ3v) is 6.91. The summed E-state index contributed by atoms with van der Waals surface area (Å²) in [5.74, 6) is -0.741. The summed E-state index contributed by atoms with van der Waals surface area (Å²) in [7, 11) is 1.52. The van der Waals surface area contributed by atoms with Gasteiger partial charge in [-0.25, -0.2) is 4.39 Å². The van der Waals surface area contributed by atoms with Gasteiger partial charge in [0.1, 0.15) is 11.6 Å². The van der Waals surface area contributed by atoms with Crippen LogP contribution >= 0.6 is 0 Å². The van der Waals surface area contributed by atoms with Gasteiger partial charge in [0.15, 0.2) is 0 Å². The van der Waals surface area contributed by atoms with Gasteiger partial charge in [0.25, 0.3) is 0 Å². The zero-order chi connectivity index (χ0) is 25.4. The quantitative estimate of drug-likeness (QED) is 0.491. The van der Waals surface area contributed by atoms with Crippen molar-refractivity contribution in [3.63, 3.8) is 0 Å². The highest BCUT2D eigenvalue weighted by molar-refractivity contribution is 5.94. The topological polar surface area (TPSA) is 44.8 Å². The van der Waals surface area contributed by atoms with Gasteiger partial charge in [-0.1, -0.05) is 18.2 Å². The van der Waals surface area contributed by atoms with E-state index in [1.807, 2.05) is 9.80 Å². The summed E-state index contributed by atoms with van der Waals surface area (Å²) < 4.78 is 60.1. The van der Waals surface area contributed by atoms with Crippen LogP contribution in [0.1, 0.15) is 11.1 Å². The predicted octanol–water partition coefficient (Wildman–Crippen LogP) is 5.36. The molecule has 188 valence electrons. The van der Waals surface area contributed by atoms with Crippen molar-refractivity contribution in [2.75, 3.05) is 41.9 Å². The zero-order valence-corrected chi connectivity index (χ0v) is 19.6. The van der Waals surface area contributed by atoms with Crippen LogP contribution in [0.4, 0.5) is 34.6 Å². The Morgan fingerprint density at radius 3 is 2.56 bits per heavy atom. The number of anilines is 3. The molecule has 0 saturated carbocycles. The number of para-hydroxylation sites is 1. The normalized spacial score (nSPS) is 19.4. The Hall–Kier alpha value is -3.75. The summed E-state index contributed by atoms with van der Waals surface area (Å²) >= 11 is 0. The Balaban J connectivity index is 1.49. The molecule has 3 aromatic carbocycles. The number of nitrogens with one attached hydrogen (secondary N) is 1. The molecule has 1 N–H and O–H groups in total. The molecule has 2 atom stereocenters. The molecule has 5 nitrogen and oxygen atoms in total. The number of hydrogen-bond acceptors (Lipinski definition) is 4. The number of ether oxygens (including phenoxy) is 1. The standard InChI is InChI=1S/C27H25F4N3O2/c1-36-20-6-4-5-19(15-20)32-26(35)21-14-17-13-18(27(29,30)31)9-10-23(17)34-12-11-33(16-25(21)34)24-8-3-2-7-22(24)28/h2-10,13,15,21,25H,11-12,14,16H2,1H3,(H,32,35). The summed E-state index contributed by atoms with van der Waals surface area (Å²) in [4.78, 5) is 17.4. The molecular formula is C27H25F4N3O2. The molecule has 2 aliphatic rings. The summed E-state index contributed by atoms with van der Waals surface area (Å²) in [5, 5.41) is 2.90. The first-order valence-corrected chi connectivity index (χ1v) is 11.7. The SMILES string of the molecule is COc1cccc(NC(=O)C2Cc3cc(C(F)(F)F)ccc3N3CCN(c4ccccc4F)CC23)c1. The molecule has 2 aliphatic heterocycles. The third-order valence-electron chi connectivity index (χ3n) is 6.91. The van der Waals surface area contributed by atoms with Crippen LogP contribution in [0.15, 0.2) is 66.7 Å². The van der Waals surface area contributed by atoms with Gasteiger partial charge in [-0.15, -0.1) is 0 Å². The molecule has 2 unspecified atom stereocenters. The number of alkyl halides is 3. The summed E-state index contributed by atoms with van der Waals surface area (Å²) in [6.07, 6.45) is -4.34. The molecule has 1 amide bonds. The van der Waals surface area contributed by atoms with Crippen LogP contribution in [0.5, 0.6) is 5.75 Å². The van der Waals surface area contributed by atoms with Gasteiger partial charge in [-0.3, -0.25) is 4.79 Å². The van der Waals surface area contributed by atoms with Crippen molar-refractivity contribution in [1.29, 1.82) is 0 Å². The van der Waals surface area contributed by atoms with Gasteiger partial charge >= 0.3 is 6.18 Å². The molecule has 3 aromatic rings. The van der Waals surface area contributed by atoms with Crippen LogP contribution in [0.25, 0.3) is 0 Å². The third kappa shape index (κ3) is 4.57. The zero-order valence-electron chi connectivity index (χ0n) is 19.6. The first-order chi connectivity index (χ1) is 17.2. The molecule has 2 heterocycles. The molecule has 1 saturated heterocycles. The van der Waals surface area contributed by atoms with E-state index in [2.05, 4.69) is 5.32 Å². The average Bonchev–Trinajstić information content (AvgIpc) is 2.87. The number of carbonyl (C=O) groups excluding carboxylic acids is 1. The van der Waals surface area contributed by atoms with Crippen LogP contribution in [0.2, 0.25) is 0 Å². The summed E-state index contributed by atoms with van der Waals surface area (Å²) in [6, 6.07) is 16.7. The van der Waals surface area contributed by atoms with Gasteiger partial charge in [0, 0.05) is 37.1 Å². The van der Waals surface area contributed by atoms with Crippen molar-refractivity contribution in [1.82, 2.24) is 0 Å². The van der Waals surface area contributed by atoms with Crippen LogP contribution in [0, 0.1) is 11.7 Å². The maximum absolute atomic E-state index is 14.6. The second kappa shape index (κ2) is 9.37. The number of piperazine rings is 1. The lowest BCUT2D eigenvalue weighted by atomic mass is 9.82. The van der Waals surface area contributed by atoms with E-state index in [1.165, 1.54) is 19.2 Å². The van der Waals surface area contributed by atoms with Gasteiger partial charge in [0.2, 0.25) is 5.91 Å². The van der Waals surface area contributed by atoms with E-state index in [9.17, 15) is 22.4 Å². The second-order valence-corrected chi connectivity index (χ2v) is 9.03. The predicted molar refractivity (Wildman–Crippen MR) is 130 cm³/mol. The number of nitrogens with zero attached hydrogens (tertiary/aromatic N) is 2. The fourth-order valence-corrected chi connectivity index (χ4v) is 5.16. The molecule has 1 fully saturated rings. The summed E-state index contributed by atoms with van der Waals surface area (Å²) in [6.45, 7) is 1.28. The fourth-order valence-electron chi connectivity index (χ4n) is 5.16. The highest BCUT2D eigenvalue weighted by Crippen LogP contribution is 2.40. The number of halogens is 4. The first-order valence-electron chi connectivity index (χ1n) is 11.7. The minimum absolute atomic E-state index is 0.140. The van der Waals surface area contributed by atoms with E-state index in [1.54, 1.807) is 42.5 Å². The fraction of sp³-hybridized carbons (Fsp3) is 0.296. The van der Waals surface area contributed by atoms with E-state index in [0.29, 0.717) is 48.0 Å². The van der Waals surface area contributed by atoms with Crippen LogP contribution < -0.4 is 19.9 Å². The minimum Gasteiger partial charge on any atom is -0.497 e. The average molecular weight is 500 g/mol. The van der Waals surface area contributed by atoms with Gasteiger partial charge in [-0.2, -0.15) is 13.2 Å². The number of benzene rings is 3. The Morgan fingerprint density at radius 2 is 1.81 bits per heavy atom. The summed E-state index contributed by atoms with van der Waals surface area (Å²) in [5.41, 5.74) is 1.40.